The van der Waals surface area contributed by atoms with Crippen molar-refractivity contribution in [3.63, 3.8) is 0 Å². The molecule has 0 amide bonds. The summed E-state index contributed by atoms with van der Waals surface area (Å²) in [7, 11) is 3.96. The van der Waals surface area contributed by atoms with Crippen LogP contribution in [0.1, 0.15) is 29.4 Å². The van der Waals surface area contributed by atoms with Gasteiger partial charge in [-0.25, -0.2) is 0 Å². The third-order valence-corrected chi connectivity index (χ3v) is 5.88. The van der Waals surface area contributed by atoms with Crippen molar-refractivity contribution in [1.29, 1.82) is 0 Å². The van der Waals surface area contributed by atoms with E-state index in [0.717, 1.165) is 38.5 Å². The smallest absolute Gasteiger partial charge is 0.193 e. The molecule has 1 fully saturated rings. The van der Waals surface area contributed by atoms with Crippen LogP contribution in [0.15, 0.2) is 52.8 Å². The molecule has 1 aliphatic heterocycles. The lowest BCUT2D eigenvalue weighted by atomic mass is 9.89. The first kappa shape index (κ1) is 18.9. The van der Waals surface area contributed by atoms with Gasteiger partial charge >= 0.3 is 0 Å². The molecule has 2 heterocycles. The van der Waals surface area contributed by atoms with Gasteiger partial charge in [0.15, 0.2) is 5.96 Å². The summed E-state index contributed by atoms with van der Waals surface area (Å²) < 4.78 is 6.11. The molecule has 1 aromatic heterocycles. The number of nitrogens with one attached hydrogen (secondary N) is 1. The van der Waals surface area contributed by atoms with Gasteiger partial charge in [0, 0.05) is 44.6 Å². The number of thiophene rings is 1. The molecule has 0 aliphatic carbocycles. The number of nitrogens with zero attached hydrogens (tertiary/aromatic N) is 2. The van der Waals surface area contributed by atoms with Crippen LogP contribution in [0.25, 0.3) is 0 Å². The van der Waals surface area contributed by atoms with Crippen LogP contribution in [0.5, 0.6) is 0 Å². The minimum absolute atomic E-state index is 0.173. The molecule has 1 aromatic carbocycles. The fourth-order valence-corrected chi connectivity index (χ4v) is 4.21. The van der Waals surface area contributed by atoms with Gasteiger partial charge < -0.3 is 15.0 Å². The summed E-state index contributed by atoms with van der Waals surface area (Å²) in [5, 5.41) is 5.70. The maximum atomic E-state index is 6.11. The molecule has 0 spiro atoms. The van der Waals surface area contributed by atoms with Gasteiger partial charge in [0.25, 0.3) is 0 Å². The highest BCUT2D eigenvalue weighted by Gasteiger charge is 2.27. The number of aliphatic imine (C=N–C) groups is 1. The highest BCUT2D eigenvalue weighted by molar-refractivity contribution is 7.09. The van der Waals surface area contributed by atoms with Crippen molar-refractivity contribution >= 4 is 17.3 Å². The number of benzene rings is 1. The third-order valence-electron chi connectivity index (χ3n) is 4.94. The Bertz CT molecular complexity index is 672. The highest BCUT2D eigenvalue weighted by Crippen LogP contribution is 2.33. The van der Waals surface area contributed by atoms with E-state index < -0.39 is 0 Å². The second-order valence-corrected chi connectivity index (χ2v) is 7.82. The number of hydrogen-bond acceptors (Lipinski definition) is 3. The van der Waals surface area contributed by atoms with Gasteiger partial charge in [0.1, 0.15) is 0 Å². The SMILES string of the molecule is CN=C(NCC1CCCOC1c1ccccc1)N(C)CCc1cccs1. The number of guanidine groups is 1. The molecular formula is C21H29N3OS. The van der Waals surface area contributed by atoms with Crippen molar-refractivity contribution in [2.24, 2.45) is 10.9 Å². The second-order valence-electron chi connectivity index (χ2n) is 6.78. The van der Waals surface area contributed by atoms with E-state index in [1.807, 2.05) is 18.4 Å². The molecule has 0 saturated carbocycles. The van der Waals surface area contributed by atoms with Crippen LogP contribution in [0, 0.1) is 5.92 Å². The van der Waals surface area contributed by atoms with Crippen molar-refractivity contribution < 1.29 is 4.74 Å². The Labute approximate surface area is 160 Å². The van der Waals surface area contributed by atoms with Gasteiger partial charge in [-0.1, -0.05) is 36.4 Å². The molecular weight excluding hydrogens is 342 g/mol. The van der Waals surface area contributed by atoms with Gasteiger partial charge in [0.05, 0.1) is 6.10 Å². The third kappa shape index (κ3) is 5.08. The summed E-state index contributed by atoms with van der Waals surface area (Å²) >= 11 is 1.81. The Balaban J connectivity index is 1.54. The van der Waals surface area contributed by atoms with E-state index in [9.17, 15) is 0 Å². The van der Waals surface area contributed by atoms with Crippen LogP contribution in [-0.2, 0) is 11.2 Å². The lowest BCUT2D eigenvalue weighted by Gasteiger charge is -2.33. The van der Waals surface area contributed by atoms with Crippen LogP contribution in [-0.4, -0.2) is 44.7 Å². The van der Waals surface area contributed by atoms with Crippen LogP contribution >= 0.6 is 11.3 Å². The molecule has 5 heteroatoms. The zero-order valence-corrected chi connectivity index (χ0v) is 16.5. The van der Waals surface area contributed by atoms with Gasteiger partial charge in [-0.2, -0.15) is 0 Å². The average Bonchev–Trinajstić information content (AvgIpc) is 3.21. The standard InChI is InChI=1S/C21H29N3OS/c1-22-21(24(2)13-12-19-11-7-15-26-19)23-16-18-10-6-14-25-20(18)17-8-4-3-5-9-17/h3-5,7-9,11,15,18,20H,6,10,12-14,16H2,1-2H3,(H,22,23). The summed E-state index contributed by atoms with van der Waals surface area (Å²) in [4.78, 5) is 8.09. The van der Waals surface area contributed by atoms with E-state index in [0.29, 0.717) is 5.92 Å². The van der Waals surface area contributed by atoms with E-state index in [1.165, 1.54) is 16.9 Å². The summed E-state index contributed by atoms with van der Waals surface area (Å²) in [6.45, 7) is 2.70. The van der Waals surface area contributed by atoms with Crippen LogP contribution in [0.3, 0.4) is 0 Å². The first-order chi connectivity index (χ1) is 12.8. The topological polar surface area (TPSA) is 36.9 Å². The first-order valence-corrected chi connectivity index (χ1v) is 10.3. The van der Waals surface area contributed by atoms with Crippen molar-refractivity contribution in [1.82, 2.24) is 10.2 Å². The summed E-state index contributed by atoms with van der Waals surface area (Å²) in [5.74, 6) is 1.42. The average molecular weight is 372 g/mol. The highest BCUT2D eigenvalue weighted by atomic mass is 32.1. The minimum Gasteiger partial charge on any atom is -0.373 e. The maximum absolute atomic E-state index is 6.11. The van der Waals surface area contributed by atoms with E-state index in [1.54, 1.807) is 0 Å². The fraction of sp³-hybridized carbons (Fsp3) is 0.476. The Kier molecular flexibility index (Phi) is 7.09. The molecule has 26 heavy (non-hydrogen) atoms. The molecule has 2 atom stereocenters. The van der Waals surface area contributed by atoms with E-state index in [4.69, 9.17) is 4.74 Å². The van der Waals surface area contributed by atoms with Crippen molar-refractivity contribution in [2.45, 2.75) is 25.4 Å². The minimum atomic E-state index is 0.173. The predicted molar refractivity (Wildman–Crippen MR) is 110 cm³/mol. The predicted octanol–water partition coefficient (Wildman–Crippen LogP) is 3.97. The molecule has 2 aromatic rings. The van der Waals surface area contributed by atoms with Crippen LogP contribution in [0.2, 0.25) is 0 Å². The largest absolute Gasteiger partial charge is 0.373 e. The van der Waals surface area contributed by atoms with E-state index in [-0.39, 0.29) is 6.10 Å². The number of hydrogen-bond donors (Lipinski definition) is 1. The maximum Gasteiger partial charge on any atom is 0.193 e. The lowest BCUT2D eigenvalue weighted by Crippen LogP contribution is -2.43. The van der Waals surface area contributed by atoms with Gasteiger partial charge in [-0.3, -0.25) is 4.99 Å². The van der Waals surface area contributed by atoms with Crippen LogP contribution in [0.4, 0.5) is 0 Å². The number of ether oxygens (including phenoxy) is 1. The summed E-state index contributed by atoms with van der Waals surface area (Å²) in [6, 6.07) is 14.9. The zero-order valence-electron chi connectivity index (χ0n) is 15.7. The molecule has 1 N–H and O–H groups in total. The second kappa shape index (κ2) is 9.74. The molecule has 4 nitrogen and oxygen atoms in total. The Morgan fingerprint density at radius 2 is 2.12 bits per heavy atom. The molecule has 0 bridgehead atoms. The normalized spacial score (nSPS) is 20.8. The molecule has 0 radical (unpaired) electrons. The molecule has 1 saturated heterocycles. The molecule has 140 valence electrons. The quantitative estimate of drug-likeness (QED) is 0.617. The molecule has 2 unspecified atom stereocenters. The Hall–Kier alpha value is -1.85. The van der Waals surface area contributed by atoms with Crippen molar-refractivity contribution in [3.05, 3.63) is 58.3 Å². The number of rotatable bonds is 6. The zero-order chi connectivity index (χ0) is 18.2. The Morgan fingerprint density at radius 3 is 2.85 bits per heavy atom. The molecule has 3 rings (SSSR count). The molecule has 1 aliphatic rings. The first-order valence-electron chi connectivity index (χ1n) is 9.38. The summed E-state index contributed by atoms with van der Waals surface area (Å²) in [6.07, 6.45) is 3.53. The number of likely N-dealkylation sites (N-methyl/N-ethyl adjacent to an activating group) is 1. The van der Waals surface area contributed by atoms with E-state index in [2.05, 4.69) is 70.1 Å². The van der Waals surface area contributed by atoms with Gasteiger partial charge in [-0.05, 0) is 36.3 Å². The fourth-order valence-electron chi connectivity index (χ4n) is 3.51. The monoisotopic (exact) mass is 371 g/mol. The lowest BCUT2D eigenvalue weighted by molar-refractivity contribution is -0.0266. The van der Waals surface area contributed by atoms with Crippen molar-refractivity contribution in [3.8, 4) is 0 Å². The van der Waals surface area contributed by atoms with Crippen molar-refractivity contribution in [2.75, 3.05) is 33.8 Å². The van der Waals surface area contributed by atoms with E-state index >= 15 is 0 Å². The Morgan fingerprint density at radius 1 is 1.27 bits per heavy atom. The van der Waals surface area contributed by atoms with Gasteiger partial charge in [0.2, 0.25) is 0 Å². The van der Waals surface area contributed by atoms with Gasteiger partial charge in [-0.15, -0.1) is 11.3 Å². The summed E-state index contributed by atoms with van der Waals surface area (Å²) in [5.41, 5.74) is 1.28. The van der Waals surface area contributed by atoms with Crippen LogP contribution < -0.4 is 5.32 Å².